The maximum absolute atomic E-state index is 14.5. The number of hydrogen-bond acceptors (Lipinski definition) is 17. The molecule has 432 valence electrons. The van der Waals surface area contributed by atoms with Crippen LogP contribution in [0.4, 0.5) is 0 Å². The lowest BCUT2D eigenvalue weighted by molar-refractivity contribution is -0.143. The average molecular weight is 1110 g/mol. The van der Waals surface area contributed by atoms with Gasteiger partial charge in [-0.3, -0.25) is 47.9 Å². The quantitative estimate of drug-likeness (QED) is 0.0245. The van der Waals surface area contributed by atoms with E-state index in [0.717, 1.165) is 0 Å². The lowest BCUT2D eigenvalue weighted by Crippen LogP contribution is -2.62. The SMILES string of the molecule is CCC(C)C(NC(=O)C(CC(=O)O)NC(=O)C(CO)NC(=O)C(Cc1ccccc1)NC(=O)C(Cc1ccc(O)cc1)NC(=O)C(CCCCN)NC(=O)C(CC(N)=O)NC(=O)C(N)CO)C(=O)NC(Cc1cnc[nH]1)C(=O)O. The zero-order chi connectivity index (χ0) is 58.8. The van der Waals surface area contributed by atoms with Crippen molar-refractivity contribution in [2.45, 2.75) is 126 Å². The summed E-state index contributed by atoms with van der Waals surface area (Å²) in [6.45, 7) is 1.44. The van der Waals surface area contributed by atoms with E-state index in [9.17, 15) is 78.3 Å². The molecule has 0 bridgehead atoms. The highest BCUT2D eigenvalue weighted by Crippen LogP contribution is 2.15. The second-order valence-corrected chi connectivity index (χ2v) is 18.5. The molecule has 0 aliphatic heterocycles. The van der Waals surface area contributed by atoms with Gasteiger partial charge in [-0.05, 0) is 55.0 Å². The Kier molecular flexibility index (Phi) is 27.0. The predicted molar refractivity (Wildman–Crippen MR) is 278 cm³/mol. The van der Waals surface area contributed by atoms with Gasteiger partial charge in [-0.15, -0.1) is 0 Å². The summed E-state index contributed by atoms with van der Waals surface area (Å²) in [5, 5.41) is 68.4. The number of aromatic hydroxyl groups is 1. The van der Waals surface area contributed by atoms with Gasteiger partial charge >= 0.3 is 11.9 Å². The third kappa shape index (κ3) is 22.2. The number of carboxylic acid groups (broad SMARTS) is 2. The highest BCUT2D eigenvalue weighted by Gasteiger charge is 2.37. The fourth-order valence-corrected chi connectivity index (χ4v) is 7.64. The maximum atomic E-state index is 14.5. The van der Waals surface area contributed by atoms with Crippen molar-refractivity contribution >= 4 is 65.1 Å². The molecule has 1 aromatic heterocycles. The fourth-order valence-electron chi connectivity index (χ4n) is 7.64. The van der Waals surface area contributed by atoms with Crippen LogP contribution in [0.5, 0.6) is 5.75 Å². The summed E-state index contributed by atoms with van der Waals surface area (Å²) in [4.78, 5) is 153. The number of H-pyrrole nitrogens is 1. The van der Waals surface area contributed by atoms with E-state index in [1.165, 1.54) is 36.8 Å². The zero-order valence-electron chi connectivity index (χ0n) is 43.5. The third-order valence-electron chi connectivity index (χ3n) is 12.3. The number of nitrogens with two attached hydrogens (primary N) is 3. The van der Waals surface area contributed by atoms with E-state index in [1.54, 1.807) is 44.2 Å². The first-order chi connectivity index (χ1) is 37.5. The summed E-state index contributed by atoms with van der Waals surface area (Å²) in [6.07, 6.45) is 0.812. The monoisotopic (exact) mass is 1110 g/mol. The first kappa shape index (κ1) is 64.7. The molecule has 0 radical (unpaired) electrons. The Morgan fingerprint density at radius 1 is 0.582 bits per heavy atom. The molecule has 29 nitrogen and oxygen atoms in total. The number of benzene rings is 2. The van der Waals surface area contributed by atoms with E-state index < -0.39 is 151 Å². The molecule has 0 saturated carbocycles. The molecule has 3 aromatic rings. The molecule has 2 aromatic carbocycles. The van der Waals surface area contributed by atoms with Crippen molar-refractivity contribution in [2.75, 3.05) is 19.8 Å². The van der Waals surface area contributed by atoms with Crippen LogP contribution >= 0.6 is 0 Å². The van der Waals surface area contributed by atoms with Crippen molar-refractivity contribution in [3.05, 3.63) is 83.9 Å². The van der Waals surface area contributed by atoms with Crippen LogP contribution in [0.25, 0.3) is 0 Å². The number of carboxylic acids is 2. The number of imidazole rings is 1. The second-order valence-electron chi connectivity index (χ2n) is 18.5. The molecule has 20 N–H and O–H groups in total. The molecule has 10 unspecified atom stereocenters. The number of aromatic amines is 1. The standard InChI is InChI=1S/C50H71N13O16/c1-3-26(2)41(49(77)61-37(50(78)79)19-29-22-54-25-55-29)63-47(75)36(21-40(68)69)60-48(76)38(24-65)62-45(73)33(17-27-9-5-4-6-10-27)59-44(72)34(18-28-12-14-30(66)15-13-28)58-43(71)32(11-7-8-16-51)56-46(74)35(20-39(53)67)57-42(70)31(52)23-64/h4-6,9-10,12-15,22,25-26,31-38,41,64-66H,3,7-8,11,16-21,23-24,51-52H2,1-2H3,(H2,53,67)(H,54,55)(H,56,74)(H,57,70)(H,58,71)(H,59,72)(H,60,76)(H,61,77)(H,62,73)(H,63,75)(H,68,69)(H,78,79). The number of aliphatic carboxylic acids is 2. The molecule has 0 aliphatic rings. The molecule has 1 heterocycles. The number of phenols is 1. The molecule has 29 heteroatoms. The van der Waals surface area contributed by atoms with Gasteiger partial charge in [-0.2, -0.15) is 0 Å². The van der Waals surface area contributed by atoms with Crippen molar-refractivity contribution in [1.29, 1.82) is 0 Å². The Hall–Kier alpha value is -8.54. The molecular formula is C50H71N13O16. The number of amides is 9. The number of hydrogen-bond donors (Lipinski definition) is 17. The number of nitrogens with one attached hydrogen (secondary N) is 9. The van der Waals surface area contributed by atoms with Gasteiger partial charge in [0.1, 0.15) is 60.1 Å². The van der Waals surface area contributed by atoms with Crippen LogP contribution in [0, 0.1) is 5.92 Å². The lowest BCUT2D eigenvalue weighted by Gasteiger charge is -2.28. The van der Waals surface area contributed by atoms with E-state index in [0.29, 0.717) is 23.2 Å². The average Bonchev–Trinajstić information content (AvgIpc) is 3.93. The Morgan fingerprint density at radius 3 is 1.59 bits per heavy atom. The largest absolute Gasteiger partial charge is 0.508 e. The molecule has 0 saturated heterocycles. The van der Waals surface area contributed by atoms with Crippen LogP contribution in [0.15, 0.2) is 67.1 Å². The minimum absolute atomic E-state index is 0.0946. The number of rotatable bonds is 35. The van der Waals surface area contributed by atoms with Gasteiger partial charge in [0.15, 0.2) is 0 Å². The van der Waals surface area contributed by atoms with E-state index in [2.05, 4.69) is 52.5 Å². The number of unbranched alkanes of at least 4 members (excludes halogenated alkanes) is 1. The van der Waals surface area contributed by atoms with E-state index in [4.69, 9.17) is 17.2 Å². The number of carbonyl (C=O) groups excluding carboxylic acids is 9. The minimum Gasteiger partial charge on any atom is -0.508 e. The Morgan fingerprint density at radius 2 is 1.08 bits per heavy atom. The first-order valence-electron chi connectivity index (χ1n) is 25.1. The van der Waals surface area contributed by atoms with E-state index in [-0.39, 0.29) is 50.8 Å². The van der Waals surface area contributed by atoms with Crippen LogP contribution in [0.2, 0.25) is 0 Å². The second kappa shape index (κ2) is 32.9. The normalized spacial score (nSPS) is 14.8. The highest BCUT2D eigenvalue weighted by molar-refractivity contribution is 5.99. The number of primary amides is 1. The van der Waals surface area contributed by atoms with Gasteiger partial charge in [0, 0.05) is 31.2 Å². The summed E-state index contributed by atoms with van der Waals surface area (Å²) in [7, 11) is 0. The van der Waals surface area contributed by atoms with Crippen molar-refractivity contribution < 1.29 is 78.3 Å². The van der Waals surface area contributed by atoms with Crippen LogP contribution in [-0.2, 0) is 72.0 Å². The number of nitrogens with zero attached hydrogens (tertiary/aromatic N) is 1. The smallest absolute Gasteiger partial charge is 0.326 e. The molecule has 10 atom stereocenters. The number of aliphatic hydroxyl groups excluding tert-OH is 2. The zero-order valence-corrected chi connectivity index (χ0v) is 43.5. The van der Waals surface area contributed by atoms with Crippen molar-refractivity contribution in [3.63, 3.8) is 0 Å². The van der Waals surface area contributed by atoms with Gasteiger partial charge in [0.2, 0.25) is 53.2 Å². The Bertz CT molecular complexity index is 2540. The van der Waals surface area contributed by atoms with Gasteiger partial charge in [-0.1, -0.05) is 62.7 Å². The molecule has 79 heavy (non-hydrogen) atoms. The van der Waals surface area contributed by atoms with Gasteiger partial charge < -0.3 is 90.3 Å². The number of aromatic nitrogens is 2. The summed E-state index contributed by atoms with van der Waals surface area (Å²) >= 11 is 0. The molecule has 9 amide bonds. The Balaban J connectivity index is 1.94. The molecule has 0 aliphatic carbocycles. The van der Waals surface area contributed by atoms with Crippen LogP contribution in [-0.4, -0.2) is 175 Å². The van der Waals surface area contributed by atoms with Gasteiger partial charge in [-0.25, -0.2) is 9.78 Å². The van der Waals surface area contributed by atoms with Crippen LogP contribution < -0.4 is 59.7 Å². The lowest BCUT2D eigenvalue weighted by atomic mass is 9.97. The van der Waals surface area contributed by atoms with Gasteiger partial charge in [0.05, 0.1) is 32.4 Å². The Labute approximate surface area is 453 Å². The van der Waals surface area contributed by atoms with Crippen molar-refractivity contribution in [3.8, 4) is 5.75 Å². The maximum Gasteiger partial charge on any atom is 0.326 e. The fraction of sp³-hybridized carbons (Fsp3) is 0.480. The number of aliphatic hydroxyl groups is 2. The summed E-state index contributed by atoms with van der Waals surface area (Å²) in [5.41, 5.74) is 17.8. The number of carbonyl (C=O) groups is 11. The first-order valence-corrected chi connectivity index (χ1v) is 25.1. The third-order valence-corrected chi connectivity index (χ3v) is 12.3. The van der Waals surface area contributed by atoms with Crippen molar-refractivity contribution in [1.82, 2.24) is 52.5 Å². The summed E-state index contributed by atoms with van der Waals surface area (Å²) in [5.74, 6) is -13.4. The molecular weight excluding hydrogens is 1040 g/mol. The summed E-state index contributed by atoms with van der Waals surface area (Å²) < 4.78 is 0. The molecule has 3 rings (SSSR count). The van der Waals surface area contributed by atoms with E-state index in [1.807, 2.05) is 0 Å². The van der Waals surface area contributed by atoms with Gasteiger partial charge in [0.25, 0.3) is 0 Å². The predicted octanol–water partition coefficient (Wildman–Crippen LogP) is -5.06. The highest BCUT2D eigenvalue weighted by atomic mass is 16.4. The van der Waals surface area contributed by atoms with Crippen LogP contribution in [0.3, 0.4) is 0 Å². The molecule has 0 fully saturated rings. The summed E-state index contributed by atoms with van der Waals surface area (Å²) in [6, 6.07) is -1.03. The topological polar surface area (TPSA) is 492 Å². The minimum atomic E-state index is -1.94. The number of phenolic OH excluding ortho intramolecular Hbond substituents is 1. The molecule has 0 spiro atoms. The van der Waals surface area contributed by atoms with Crippen molar-refractivity contribution in [2.24, 2.45) is 23.1 Å². The van der Waals surface area contributed by atoms with E-state index >= 15 is 0 Å². The van der Waals surface area contributed by atoms with Crippen LogP contribution in [0.1, 0.15) is 69.2 Å².